The lowest BCUT2D eigenvalue weighted by Gasteiger charge is -2.10. The van der Waals surface area contributed by atoms with Gasteiger partial charge in [-0.3, -0.25) is 4.68 Å². The van der Waals surface area contributed by atoms with Crippen LogP contribution in [-0.2, 0) is 6.54 Å². The maximum absolute atomic E-state index is 12.7. The van der Waals surface area contributed by atoms with E-state index in [0.29, 0.717) is 11.3 Å². The summed E-state index contributed by atoms with van der Waals surface area (Å²) in [5.41, 5.74) is 0.801. The average molecular weight is 244 g/mol. The van der Waals surface area contributed by atoms with Gasteiger partial charge >= 0.3 is 6.18 Å². The van der Waals surface area contributed by atoms with E-state index < -0.39 is 18.5 Å². The molecule has 0 fully saturated rings. The minimum atomic E-state index is -4.33. The quantitative estimate of drug-likeness (QED) is 0.741. The van der Waals surface area contributed by atoms with Gasteiger partial charge in [0.2, 0.25) is 0 Å². The molecule has 0 amide bonds. The van der Waals surface area contributed by atoms with Gasteiger partial charge in [0.15, 0.2) is 0 Å². The van der Waals surface area contributed by atoms with E-state index in [1.165, 1.54) is 36.5 Å². The third-order valence-electron chi connectivity index (χ3n) is 2.19. The lowest BCUT2D eigenvalue weighted by atomic mass is 10.1. The summed E-state index contributed by atoms with van der Waals surface area (Å²) in [5, 5.41) is 3.60. The number of halogens is 4. The zero-order valence-corrected chi connectivity index (χ0v) is 8.58. The van der Waals surface area contributed by atoms with E-state index >= 15 is 0 Å². The number of benzene rings is 1. The Labute approximate surface area is 94.5 Å². The molecule has 17 heavy (non-hydrogen) atoms. The molecule has 6 heteroatoms. The summed E-state index contributed by atoms with van der Waals surface area (Å²) in [6.45, 7) is -1.16. The van der Waals surface area contributed by atoms with Crippen LogP contribution in [0.25, 0.3) is 11.3 Å². The first-order valence-corrected chi connectivity index (χ1v) is 4.80. The zero-order chi connectivity index (χ0) is 12.5. The second-order valence-corrected chi connectivity index (χ2v) is 3.50. The lowest BCUT2D eigenvalue weighted by molar-refractivity contribution is -0.142. The Bertz CT molecular complexity index is 499. The van der Waals surface area contributed by atoms with Gasteiger partial charge in [-0.25, -0.2) is 4.39 Å². The molecule has 0 aliphatic rings. The predicted molar refractivity (Wildman–Crippen MR) is 53.7 cm³/mol. The molecule has 0 saturated heterocycles. The van der Waals surface area contributed by atoms with Gasteiger partial charge in [0.1, 0.15) is 12.4 Å². The normalized spacial score (nSPS) is 11.8. The highest BCUT2D eigenvalue weighted by Crippen LogP contribution is 2.23. The van der Waals surface area contributed by atoms with E-state index in [1.807, 2.05) is 0 Å². The smallest absolute Gasteiger partial charge is 0.256 e. The Hall–Kier alpha value is -1.85. The molecular formula is C11H8F4N2. The molecular weight excluding hydrogens is 236 g/mol. The third kappa shape index (κ3) is 2.83. The van der Waals surface area contributed by atoms with Crippen molar-refractivity contribution in [3.8, 4) is 11.3 Å². The highest BCUT2D eigenvalue weighted by molar-refractivity contribution is 5.58. The number of aromatic nitrogens is 2. The Morgan fingerprint density at radius 1 is 1.06 bits per heavy atom. The van der Waals surface area contributed by atoms with Gasteiger partial charge in [0.05, 0.1) is 5.69 Å². The van der Waals surface area contributed by atoms with Gasteiger partial charge in [-0.15, -0.1) is 0 Å². The molecule has 0 aliphatic carbocycles. The standard InChI is InChI=1S/C11H8F4N2/c12-9-3-1-8(2-4-9)10-5-6-16-17(10)7-11(13,14)15/h1-6H,7H2. The number of rotatable bonds is 2. The van der Waals surface area contributed by atoms with Crippen molar-refractivity contribution in [3.63, 3.8) is 0 Å². The van der Waals surface area contributed by atoms with Crippen LogP contribution in [0.5, 0.6) is 0 Å². The van der Waals surface area contributed by atoms with Crippen LogP contribution in [0.4, 0.5) is 17.6 Å². The van der Waals surface area contributed by atoms with Crippen LogP contribution in [0.2, 0.25) is 0 Å². The fourth-order valence-electron chi connectivity index (χ4n) is 1.49. The fraction of sp³-hybridized carbons (Fsp3) is 0.182. The third-order valence-corrected chi connectivity index (χ3v) is 2.19. The van der Waals surface area contributed by atoms with Crippen molar-refractivity contribution in [1.82, 2.24) is 9.78 Å². The van der Waals surface area contributed by atoms with Crippen LogP contribution in [0.15, 0.2) is 36.5 Å². The van der Waals surface area contributed by atoms with Crippen molar-refractivity contribution in [3.05, 3.63) is 42.3 Å². The summed E-state index contributed by atoms with van der Waals surface area (Å²) >= 11 is 0. The van der Waals surface area contributed by atoms with Gasteiger partial charge in [-0.2, -0.15) is 18.3 Å². The van der Waals surface area contributed by atoms with Crippen LogP contribution >= 0.6 is 0 Å². The maximum atomic E-state index is 12.7. The van der Waals surface area contributed by atoms with E-state index in [-0.39, 0.29) is 0 Å². The Morgan fingerprint density at radius 2 is 1.71 bits per heavy atom. The molecule has 2 rings (SSSR count). The summed E-state index contributed by atoms with van der Waals surface area (Å²) in [6.07, 6.45) is -3.05. The Balaban J connectivity index is 2.33. The highest BCUT2D eigenvalue weighted by Gasteiger charge is 2.29. The second kappa shape index (κ2) is 4.20. The molecule has 1 aromatic carbocycles. The van der Waals surface area contributed by atoms with Crippen molar-refractivity contribution in [2.24, 2.45) is 0 Å². The molecule has 1 heterocycles. The molecule has 0 unspecified atom stereocenters. The van der Waals surface area contributed by atoms with Crippen LogP contribution < -0.4 is 0 Å². The summed E-state index contributed by atoms with van der Waals surface area (Å²) < 4.78 is 50.3. The van der Waals surface area contributed by atoms with Crippen LogP contribution in [-0.4, -0.2) is 16.0 Å². The van der Waals surface area contributed by atoms with Crippen molar-refractivity contribution >= 4 is 0 Å². The van der Waals surface area contributed by atoms with Crippen molar-refractivity contribution in [2.75, 3.05) is 0 Å². The Kier molecular flexibility index (Phi) is 2.87. The minimum absolute atomic E-state index is 0.308. The number of hydrogen-bond acceptors (Lipinski definition) is 1. The van der Waals surface area contributed by atoms with Crippen molar-refractivity contribution in [2.45, 2.75) is 12.7 Å². The average Bonchev–Trinajstić information content (AvgIpc) is 2.64. The molecule has 0 saturated carbocycles. The molecule has 0 atom stereocenters. The molecule has 2 nitrogen and oxygen atoms in total. The van der Waals surface area contributed by atoms with E-state index in [1.54, 1.807) is 0 Å². The summed E-state index contributed by atoms with van der Waals surface area (Å²) in [6, 6.07) is 6.68. The van der Waals surface area contributed by atoms with Crippen LogP contribution in [0, 0.1) is 5.82 Å². The Morgan fingerprint density at radius 3 is 2.29 bits per heavy atom. The summed E-state index contributed by atoms with van der Waals surface area (Å²) in [5.74, 6) is -0.435. The van der Waals surface area contributed by atoms with Gasteiger partial charge < -0.3 is 0 Å². The zero-order valence-electron chi connectivity index (χ0n) is 8.58. The summed E-state index contributed by atoms with van der Waals surface area (Å²) in [4.78, 5) is 0. The topological polar surface area (TPSA) is 17.8 Å². The molecule has 0 N–H and O–H groups in total. The molecule has 90 valence electrons. The van der Waals surface area contributed by atoms with Gasteiger partial charge in [0, 0.05) is 6.20 Å². The first-order valence-electron chi connectivity index (χ1n) is 4.80. The maximum Gasteiger partial charge on any atom is 0.408 e. The number of hydrogen-bond donors (Lipinski definition) is 0. The molecule has 1 aromatic heterocycles. The largest absolute Gasteiger partial charge is 0.408 e. The minimum Gasteiger partial charge on any atom is -0.256 e. The fourth-order valence-corrected chi connectivity index (χ4v) is 1.49. The van der Waals surface area contributed by atoms with Gasteiger partial charge in [-0.05, 0) is 35.9 Å². The number of alkyl halides is 3. The lowest BCUT2D eigenvalue weighted by Crippen LogP contribution is -2.19. The van der Waals surface area contributed by atoms with E-state index in [2.05, 4.69) is 5.10 Å². The summed E-state index contributed by atoms with van der Waals surface area (Å²) in [7, 11) is 0. The SMILES string of the molecule is Fc1ccc(-c2ccnn2CC(F)(F)F)cc1. The van der Waals surface area contributed by atoms with E-state index in [4.69, 9.17) is 0 Å². The number of nitrogens with zero attached hydrogens (tertiary/aromatic N) is 2. The van der Waals surface area contributed by atoms with E-state index in [9.17, 15) is 17.6 Å². The molecule has 0 spiro atoms. The van der Waals surface area contributed by atoms with Crippen molar-refractivity contribution in [1.29, 1.82) is 0 Å². The highest BCUT2D eigenvalue weighted by atomic mass is 19.4. The van der Waals surface area contributed by atoms with Crippen LogP contribution in [0.1, 0.15) is 0 Å². The first-order chi connectivity index (χ1) is 7.96. The van der Waals surface area contributed by atoms with Gasteiger partial charge in [0.25, 0.3) is 0 Å². The monoisotopic (exact) mass is 244 g/mol. The van der Waals surface area contributed by atoms with Crippen molar-refractivity contribution < 1.29 is 17.6 Å². The molecule has 0 radical (unpaired) electrons. The molecule has 0 aliphatic heterocycles. The first kappa shape index (κ1) is 11.6. The molecule has 0 bridgehead atoms. The second-order valence-electron chi connectivity index (χ2n) is 3.50. The molecule has 2 aromatic rings. The van der Waals surface area contributed by atoms with E-state index in [0.717, 1.165) is 4.68 Å². The predicted octanol–water partition coefficient (Wildman–Crippen LogP) is 3.25. The van der Waals surface area contributed by atoms with Gasteiger partial charge in [-0.1, -0.05) is 0 Å². The van der Waals surface area contributed by atoms with Crippen LogP contribution in [0.3, 0.4) is 0 Å².